The van der Waals surface area contributed by atoms with Crippen LogP contribution in [0.5, 0.6) is 0 Å². The van der Waals surface area contributed by atoms with Crippen LogP contribution in [-0.2, 0) is 9.53 Å². The normalized spacial score (nSPS) is 7.62. The summed E-state index contributed by atoms with van der Waals surface area (Å²) in [5, 5.41) is 7.51. The molecule has 72 valence electrons. The van der Waals surface area contributed by atoms with Crippen molar-refractivity contribution in [1.82, 2.24) is 0 Å². The summed E-state index contributed by atoms with van der Waals surface area (Å²) in [5.41, 5.74) is 0.448. The van der Waals surface area contributed by atoms with Crippen molar-refractivity contribution in [2.75, 3.05) is 0 Å². The molecule has 0 atom stereocenters. The van der Waals surface area contributed by atoms with E-state index in [9.17, 15) is 4.79 Å². The Morgan fingerprint density at radius 3 is 2.08 bits per heavy atom. The summed E-state index contributed by atoms with van der Waals surface area (Å²) < 4.78 is 4.77. The van der Waals surface area contributed by atoms with Crippen LogP contribution in [0.2, 0.25) is 0 Å². The molecule has 13 heavy (non-hydrogen) atoms. The van der Waals surface area contributed by atoms with E-state index in [0.717, 1.165) is 0 Å². The fraction of sp³-hybridized carbons (Fsp3) is 0.400. The average molecular weight is 181 g/mol. The van der Waals surface area contributed by atoms with Crippen LogP contribution in [0, 0.1) is 11.3 Å². The standard InChI is InChI=1S/C7H12O2.C3H3N/c1-5(2)7(8)9-6(3)4;1-2-3-4/h6H,1H2,2-4H3;2H,1H2. The van der Waals surface area contributed by atoms with E-state index >= 15 is 0 Å². The fourth-order valence-electron chi connectivity index (χ4n) is 0.315. The molecule has 0 aliphatic heterocycles. The van der Waals surface area contributed by atoms with Gasteiger partial charge in [0.15, 0.2) is 0 Å². The van der Waals surface area contributed by atoms with Gasteiger partial charge in [-0.2, -0.15) is 5.26 Å². The van der Waals surface area contributed by atoms with E-state index in [1.807, 2.05) is 0 Å². The topological polar surface area (TPSA) is 50.1 Å². The maximum atomic E-state index is 10.6. The number of esters is 1. The lowest BCUT2D eigenvalue weighted by atomic mass is 10.3. The van der Waals surface area contributed by atoms with Crippen LogP contribution in [0.25, 0.3) is 0 Å². The zero-order valence-electron chi connectivity index (χ0n) is 8.33. The Labute approximate surface area is 79.3 Å². The number of nitriles is 1. The minimum absolute atomic E-state index is 0.0470. The molecular weight excluding hydrogens is 166 g/mol. The van der Waals surface area contributed by atoms with Gasteiger partial charge in [-0.05, 0) is 20.8 Å². The fourth-order valence-corrected chi connectivity index (χ4v) is 0.315. The molecule has 0 radical (unpaired) electrons. The Morgan fingerprint density at radius 1 is 1.62 bits per heavy atom. The summed E-state index contributed by atoms with van der Waals surface area (Å²) in [6.07, 6.45) is 1.13. The molecule has 0 saturated carbocycles. The van der Waals surface area contributed by atoms with Gasteiger partial charge in [0, 0.05) is 11.6 Å². The van der Waals surface area contributed by atoms with Gasteiger partial charge in [-0.3, -0.25) is 0 Å². The summed E-state index contributed by atoms with van der Waals surface area (Å²) in [5.74, 6) is -0.315. The van der Waals surface area contributed by atoms with Gasteiger partial charge in [-0.15, -0.1) is 0 Å². The van der Waals surface area contributed by atoms with Gasteiger partial charge in [-0.25, -0.2) is 4.79 Å². The van der Waals surface area contributed by atoms with Crippen molar-refractivity contribution in [2.24, 2.45) is 0 Å². The van der Waals surface area contributed by atoms with E-state index in [4.69, 9.17) is 10.00 Å². The minimum Gasteiger partial charge on any atom is -0.460 e. The first-order valence-corrected chi connectivity index (χ1v) is 3.82. The quantitative estimate of drug-likeness (QED) is 0.373. The summed E-state index contributed by atoms with van der Waals surface area (Å²) in [6, 6.07) is 1.69. The van der Waals surface area contributed by atoms with Gasteiger partial charge in [-0.1, -0.05) is 13.2 Å². The van der Waals surface area contributed by atoms with Gasteiger partial charge in [0.25, 0.3) is 0 Å². The highest BCUT2D eigenvalue weighted by Gasteiger charge is 2.03. The maximum absolute atomic E-state index is 10.6. The van der Waals surface area contributed by atoms with Gasteiger partial charge < -0.3 is 4.74 Å². The maximum Gasteiger partial charge on any atom is 0.333 e. The molecular formula is C10H15NO2. The van der Waals surface area contributed by atoms with Gasteiger partial charge in [0.2, 0.25) is 0 Å². The van der Waals surface area contributed by atoms with Crippen molar-refractivity contribution in [3.05, 3.63) is 24.8 Å². The largest absolute Gasteiger partial charge is 0.460 e. The highest BCUT2D eigenvalue weighted by molar-refractivity contribution is 5.87. The molecule has 0 amide bonds. The monoisotopic (exact) mass is 181 g/mol. The highest BCUT2D eigenvalue weighted by Crippen LogP contribution is 1.95. The number of rotatable bonds is 2. The Hall–Kier alpha value is -1.56. The number of allylic oxidation sites excluding steroid dienone is 1. The Balaban J connectivity index is 0. The third-order valence-corrected chi connectivity index (χ3v) is 0.782. The van der Waals surface area contributed by atoms with Crippen molar-refractivity contribution in [2.45, 2.75) is 26.9 Å². The van der Waals surface area contributed by atoms with Crippen molar-refractivity contribution < 1.29 is 9.53 Å². The molecule has 0 aromatic rings. The van der Waals surface area contributed by atoms with E-state index in [-0.39, 0.29) is 12.1 Å². The Morgan fingerprint density at radius 2 is 2.00 bits per heavy atom. The molecule has 0 N–H and O–H groups in total. The predicted molar refractivity (Wildman–Crippen MR) is 51.9 cm³/mol. The molecule has 0 spiro atoms. The van der Waals surface area contributed by atoms with Crippen LogP contribution in [0.3, 0.4) is 0 Å². The number of ether oxygens (including phenoxy) is 1. The van der Waals surface area contributed by atoms with Crippen LogP contribution in [0.15, 0.2) is 24.8 Å². The van der Waals surface area contributed by atoms with E-state index in [2.05, 4.69) is 13.2 Å². The highest BCUT2D eigenvalue weighted by atomic mass is 16.5. The first-order chi connectivity index (χ1) is 5.95. The summed E-state index contributed by atoms with van der Waals surface area (Å²) in [6.45, 7) is 11.8. The van der Waals surface area contributed by atoms with Crippen molar-refractivity contribution >= 4 is 5.97 Å². The molecule has 0 rings (SSSR count). The van der Waals surface area contributed by atoms with Gasteiger partial charge >= 0.3 is 5.97 Å². The third-order valence-electron chi connectivity index (χ3n) is 0.782. The van der Waals surface area contributed by atoms with Crippen LogP contribution in [0.1, 0.15) is 20.8 Å². The lowest BCUT2D eigenvalue weighted by Crippen LogP contribution is -2.11. The molecule has 0 aromatic carbocycles. The molecule has 0 heterocycles. The first kappa shape index (κ1) is 14.0. The number of nitrogens with zero attached hydrogens (tertiary/aromatic N) is 1. The third kappa shape index (κ3) is 13.4. The van der Waals surface area contributed by atoms with E-state index in [0.29, 0.717) is 5.57 Å². The zero-order valence-corrected chi connectivity index (χ0v) is 8.33. The Kier molecular flexibility index (Phi) is 9.19. The molecule has 0 aliphatic carbocycles. The predicted octanol–water partition coefficient (Wildman–Crippen LogP) is 2.21. The van der Waals surface area contributed by atoms with Crippen LogP contribution < -0.4 is 0 Å². The summed E-state index contributed by atoms with van der Waals surface area (Å²) >= 11 is 0. The molecule has 0 unspecified atom stereocenters. The number of hydrogen-bond donors (Lipinski definition) is 0. The molecule has 0 bridgehead atoms. The molecule has 0 fully saturated rings. The molecule has 0 aromatic heterocycles. The first-order valence-electron chi connectivity index (χ1n) is 3.82. The second-order valence-corrected chi connectivity index (χ2v) is 2.57. The van der Waals surface area contributed by atoms with Crippen molar-refractivity contribution in [3.8, 4) is 6.07 Å². The van der Waals surface area contributed by atoms with E-state index in [1.165, 1.54) is 6.08 Å². The lowest BCUT2D eigenvalue weighted by molar-refractivity contribution is -0.142. The lowest BCUT2D eigenvalue weighted by Gasteiger charge is -2.05. The zero-order chi connectivity index (χ0) is 10.9. The van der Waals surface area contributed by atoms with E-state index < -0.39 is 0 Å². The second-order valence-electron chi connectivity index (χ2n) is 2.57. The smallest absolute Gasteiger partial charge is 0.333 e. The average Bonchev–Trinajstić information content (AvgIpc) is 2.03. The number of hydrogen-bond acceptors (Lipinski definition) is 3. The van der Waals surface area contributed by atoms with Gasteiger partial charge in [0.05, 0.1) is 12.2 Å². The summed E-state index contributed by atoms with van der Waals surface area (Å²) in [4.78, 5) is 10.6. The van der Waals surface area contributed by atoms with Crippen LogP contribution in [-0.4, -0.2) is 12.1 Å². The Bertz CT molecular complexity index is 224. The number of carbonyl (C=O) groups excluding carboxylic acids is 1. The number of carbonyl (C=O) groups is 1. The SMILES string of the molecule is C=C(C)C(=O)OC(C)C.C=CC#N. The van der Waals surface area contributed by atoms with Gasteiger partial charge in [0.1, 0.15) is 0 Å². The van der Waals surface area contributed by atoms with Crippen molar-refractivity contribution in [3.63, 3.8) is 0 Å². The van der Waals surface area contributed by atoms with Crippen molar-refractivity contribution in [1.29, 1.82) is 5.26 Å². The van der Waals surface area contributed by atoms with Crippen LogP contribution >= 0.6 is 0 Å². The summed E-state index contributed by atoms with van der Waals surface area (Å²) in [7, 11) is 0. The molecule has 0 saturated heterocycles. The molecule has 0 aliphatic rings. The van der Waals surface area contributed by atoms with E-state index in [1.54, 1.807) is 26.8 Å². The van der Waals surface area contributed by atoms with Crippen LogP contribution in [0.4, 0.5) is 0 Å². The molecule has 3 heteroatoms. The second kappa shape index (κ2) is 8.54. The minimum atomic E-state index is -0.315. The molecule has 3 nitrogen and oxygen atoms in total.